The van der Waals surface area contributed by atoms with Gasteiger partial charge in [0.05, 0.1) is 0 Å². The number of tetrazole rings is 1. The summed E-state index contributed by atoms with van der Waals surface area (Å²) < 4.78 is 1.17. The number of rotatable bonds is 4. The van der Waals surface area contributed by atoms with Crippen LogP contribution in [0.15, 0.2) is 28.4 Å². The molecule has 2 aromatic rings. The molecule has 0 radical (unpaired) electrons. The Labute approximate surface area is 105 Å². The van der Waals surface area contributed by atoms with Crippen LogP contribution in [0.3, 0.4) is 0 Å². The number of carbonyl (C=O) groups is 1. The molecule has 0 saturated carbocycles. The normalized spacial score (nSPS) is 9.94. The number of carboxylic acid groups (broad SMARTS) is 1. The lowest BCUT2D eigenvalue weighted by atomic mass is 10.4. The molecule has 18 heavy (non-hydrogen) atoms. The fraction of sp³-hybridized carbons (Fsp3) is 0.111. The quantitative estimate of drug-likeness (QED) is 0.828. The molecule has 0 bridgehead atoms. The van der Waals surface area contributed by atoms with Crippen molar-refractivity contribution in [3.05, 3.63) is 24.0 Å². The zero-order valence-corrected chi connectivity index (χ0v) is 9.70. The highest BCUT2D eigenvalue weighted by molar-refractivity contribution is 7.99. The Morgan fingerprint density at radius 1 is 1.56 bits per heavy atom. The lowest BCUT2D eigenvalue weighted by Gasteiger charge is -2.00. The first kappa shape index (κ1) is 12.0. The van der Waals surface area contributed by atoms with E-state index in [9.17, 15) is 4.79 Å². The van der Waals surface area contributed by atoms with Crippen LogP contribution < -0.4 is 0 Å². The first-order valence-corrected chi connectivity index (χ1v) is 5.52. The van der Waals surface area contributed by atoms with Crippen molar-refractivity contribution < 1.29 is 9.90 Å². The van der Waals surface area contributed by atoms with E-state index in [-0.39, 0.29) is 6.54 Å². The molecule has 0 aliphatic carbocycles. The Morgan fingerprint density at radius 3 is 3.00 bits per heavy atom. The highest BCUT2D eigenvalue weighted by atomic mass is 32.2. The van der Waals surface area contributed by atoms with Crippen molar-refractivity contribution in [3.8, 4) is 6.07 Å². The average Bonchev–Trinajstić information content (AvgIpc) is 2.77. The molecule has 9 heteroatoms. The molecule has 0 spiro atoms. The second-order valence-electron chi connectivity index (χ2n) is 3.11. The van der Waals surface area contributed by atoms with E-state index in [4.69, 9.17) is 10.4 Å². The third kappa shape index (κ3) is 2.80. The van der Waals surface area contributed by atoms with Crippen LogP contribution in [0, 0.1) is 11.3 Å². The predicted molar refractivity (Wildman–Crippen MR) is 58.5 cm³/mol. The van der Waals surface area contributed by atoms with Gasteiger partial charge in [-0.1, -0.05) is 0 Å². The van der Waals surface area contributed by atoms with Gasteiger partial charge in [0.15, 0.2) is 0 Å². The van der Waals surface area contributed by atoms with Crippen LogP contribution in [0.4, 0.5) is 0 Å². The first-order chi connectivity index (χ1) is 8.69. The number of aliphatic carboxylic acids is 1. The molecule has 2 rings (SSSR count). The van der Waals surface area contributed by atoms with Crippen molar-refractivity contribution in [1.82, 2.24) is 25.2 Å². The van der Waals surface area contributed by atoms with Crippen LogP contribution in [-0.4, -0.2) is 36.3 Å². The van der Waals surface area contributed by atoms with Gasteiger partial charge in [-0.25, -0.2) is 9.67 Å². The smallest absolute Gasteiger partial charge is 0.325 e. The second kappa shape index (κ2) is 5.24. The standard InChI is InChI=1S/C9H6N6O2S/c10-3-6-1-2-7(4-11-6)18-9-12-13-14-15(9)5-8(16)17/h1-2,4H,5H2,(H,16,17). The topological polar surface area (TPSA) is 118 Å². The van der Waals surface area contributed by atoms with Crippen molar-refractivity contribution in [1.29, 1.82) is 5.26 Å². The van der Waals surface area contributed by atoms with Crippen molar-refractivity contribution in [2.75, 3.05) is 0 Å². The number of pyridine rings is 1. The van der Waals surface area contributed by atoms with Crippen molar-refractivity contribution in [2.24, 2.45) is 0 Å². The summed E-state index contributed by atoms with van der Waals surface area (Å²) in [6.07, 6.45) is 1.50. The summed E-state index contributed by atoms with van der Waals surface area (Å²) in [5, 5.41) is 28.3. The number of nitriles is 1. The summed E-state index contributed by atoms with van der Waals surface area (Å²) in [6.45, 7) is -0.307. The maximum Gasteiger partial charge on any atom is 0.325 e. The second-order valence-corrected chi connectivity index (χ2v) is 4.15. The molecule has 1 N–H and O–H groups in total. The molecule has 0 unspecified atom stereocenters. The van der Waals surface area contributed by atoms with Gasteiger partial charge in [-0.2, -0.15) is 5.26 Å². The zero-order chi connectivity index (χ0) is 13.0. The highest BCUT2D eigenvalue weighted by Crippen LogP contribution is 2.24. The van der Waals surface area contributed by atoms with E-state index >= 15 is 0 Å². The van der Waals surface area contributed by atoms with Gasteiger partial charge in [0.25, 0.3) is 0 Å². The minimum absolute atomic E-state index is 0.307. The van der Waals surface area contributed by atoms with Crippen LogP contribution in [0.2, 0.25) is 0 Å². The monoisotopic (exact) mass is 262 g/mol. The van der Waals surface area contributed by atoms with Gasteiger partial charge >= 0.3 is 5.97 Å². The van der Waals surface area contributed by atoms with Crippen LogP contribution in [0.5, 0.6) is 0 Å². The molecule has 2 aromatic heterocycles. The lowest BCUT2D eigenvalue weighted by molar-refractivity contribution is -0.138. The van der Waals surface area contributed by atoms with Gasteiger partial charge < -0.3 is 5.11 Å². The molecule has 0 saturated heterocycles. The zero-order valence-electron chi connectivity index (χ0n) is 8.89. The molecular formula is C9H6N6O2S. The third-order valence-electron chi connectivity index (χ3n) is 1.84. The van der Waals surface area contributed by atoms with Gasteiger partial charge in [-0.3, -0.25) is 4.79 Å². The van der Waals surface area contributed by atoms with Crippen LogP contribution in [0.25, 0.3) is 0 Å². The summed E-state index contributed by atoms with van der Waals surface area (Å²) in [6, 6.07) is 5.16. The minimum atomic E-state index is -1.03. The van der Waals surface area contributed by atoms with Crippen molar-refractivity contribution in [2.45, 2.75) is 16.6 Å². The minimum Gasteiger partial charge on any atom is -0.480 e. The summed E-state index contributed by atoms with van der Waals surface area (Å²) in [7, 11) is 0. The molecule has 8 nitrogen and oxygen atoms in total. The molecule has 0 amide bonds. The number of carboxylic acids is 1. The molecule has 0 aromatic carbocycles. The van der Waals surface area contributed by atoms with Crippen LogP contribution in [-0.2, 0) is 11.3 Å². The van der Waals surface area contributed by atoms with Crippen LogP contribution >= 0.6 is 11.8 Å². The maximum absolute atomic E-state index is 10.6. The number of aromatic nitrogens is 5. The molecule has 2 heterocycles. The summed E-state index contributed by atoms with van der Waals surface area (Å²) in [5.41, 5.74) is 0.310. The van der Waals surface area contributed by atoms with Gasteiger partial charge in [-0.05, 0) is 34.3 Å². The Kier molecular flexibility index (Phi) is 3.49. The van der Waals surface area contributed by atoms with Gasteiger partial charge in [0.2, 0.25) is 5.16 Å². The Hall–Kier alpha value is -2.47. The first-order valence-electron chi connectivity index (χ1n) is 4.71. The average molecular weight is 262 g/mol. The lowest BCUT2D eigenvalue weighted by Crippen LogP contribution is -2.11. The Bertz CT molecular complexity index is 602. The predicted octanol–water partition coefficient (Wildman–Crippen LogP) is 0.176. The van der Waals surface area contributed by atoms with Gasteiger partial charge in [0, 0.05) is 11.1 Å². The van der Waals surface area contributed by atoms with E-state index in [2.05, 4.69) is 20.5 Å². The Morgan fingerprint density at radius 2 is 2.39 bits per heavy atom. The highest BCUT2D eigenvalue weighted by Gasteiger charge is 2.11. The fourth-order valence-electron chi connectivity index (χ4n) is 1.11. The van der Waals surface area contributed by atoms with Crippen molar-refractivity contribution >= 4 is 17.7 Å². The number of hydrogen-bond donors (Lipinski definition) is 1. The van der Waals surface area contributed by atoms with Crippen molar-refractivity contribution in [3.63, 3.8) is 0 Å². The van der Waals surface area contributed by atoms with E-state index in [0.717, 1.165) is 4.90 Å². The largest absolute Gasteiger partial charge is 0.480 e. The molecule has 90 valence electrons. The number of nitrogens with zero attached hydrogens (tertiary/aromatic N) is 6. The SMILES string of the molecule is N#Cc1ccc(Sc2nnnn2CC(=O)O)cn1. The maximum atomic E-state index is 10.6. The van der Waals surface area contributed by atoms with E-state index in [1.54, 1.807) is 12.1 Å². The van der Waals surface area contributed by atoms with Gasteiger partial charge in [0.1, 0.15) is 18.3 Å². The Balaban J connectivity index is 2.16. The molecular weight excluding hydrogens is 256 g/mol. The van der Waals surface area contributed by atoms with Gasteiger partial charge in [-0.15, -0.1) is 5.10 Å². The van der Waals surface area contributed by atoms with Crippen LogP contribution in [0.1, 0.15) is 5.69 Å². The third-order valence-corrected chi connectivity index (χ3v) is 2.80. The van der Waals surface area contributed by atoms with E-state index in [0.29, 0.717) is 10.9 Å². The molecule has 0 aliphatic rings. The summed E-state index contributed by atoms with van der Waals surface area (Å²) in [5.74, 6) is -1.03. The number of hydrogen-bond acceptors (Lipinski definition) is 7. The fourth-order valence-corrected chi connectivity index (χ4v) is 1.85. The molecule has 0 fully saturated rings. The molecule has 0 atom stereocenters. The summed E-state index contributed by atoms with van der Waals surface area (Å²) >= 11 is 1.17. The van der Waals surface area contributed by atoms with E-state index in [1.165, 1.54) is 22.6 Å². The summed E-state index contributed by atoms with van der Waals surface area (Å²) in [4.78, 5) is 15.2. The molecule has 0 aliphatic heterocycles. The van der Waals surface area contributed by atoms with E-state index in [1.807, 2.05) is 6.07 Å². The van der Waals surface area contributed by atoms with E-state index < -0.39 is 5.97 Å².